The lowest BCUT2D eigenvalue weighted by molar-refractivity contribution is 0.629. The van der Waals surface area contributed by atoms with Crippen molar-refractivity contribution < 1.29 is 0 Å². The monoisotopic (exact) mass is 394 g/mol. The van der Waals surface area contributed by atoms with Crippen LogP contribution in [0.15, 0.2) is 94.5 Å². The molecule has 5 aromatic rings. The quantitative estimate of drug-likeness (QED) is 0.439. The molecule has 0 atom stereocenters. The molecule has 0 amide bonds. The molecule has 0 N–H and O–H groups in total. The molecule has 6 heteroatoms. The van der Waals surface area contributed by atoms with Gasteiger partial charge in [-0.15, -0.1) is 0 Å². The lowest BCUT2D eigenvalue weighted by Gasteiger charge is -2.14. The van der Waals surface area contributed by atoms with Crippen LogP contribution >= 0.6 is 0 Å². The molecule has 0 saturated carbocycles. The summed E-state index contributed by atoms with van der Waals surface area (Å²) in [6.45, 7) is 0.482. The van der Waals surface area contributed by atoms with E-state index in [0.717, 1.165) is 11.1 Å². The lowest BCUT2D eigenvalue weighted by atomic mass is 10.2. The molecule has 0 aliphatic heterocycles. The van der Waals surface area contributed by atoms with Gasteiger partial charge in [-0.2, -0.15) is 0 Å². The van der Waals surface area contributed by atoms with Crippen LogP contribution < -0.4 is 11.2 Å². The predicted octanol–water partition coefficient (Wildman–Crippen LogP) is 3.20. The zero-order valence-electron chi connectivity index (χ0n) is 16.1. The number of nitrogens with zero attached hydrogens (tertiary/aromatic N) is 4. The lowest BCUT2D eigenvalue weighted by Crippen LogP contribution is -2.41. The molecule has 5 rings (SSSR count). The number of aromatic nitrogens is 4. The molecule has 0 spiro atoms. The zero-order chi connectivity index (χ0) is 20.5. The van der Waals surface area contributed by atoms with Gasteiger partial charge in [-0.1, -0.05) is 72.8 Å². The van der Waals surface area contributed by atoms with Crippen LogP contribution in [0.2, 0.25) is 0 Å². The standard InChI is InChI=1S/C24H18N4O2/c29-23-21-22(26-20-14-8-7-13-19(20)25-21)27(15-17-9-3-1-4-10-17)24(30)28(23)16-18-11-5-2-6-12-18/h1-14H,15-16H2. The normalized spacial score (nSPS) is 11.2. The van der Waals surface area contributed by atoms with Crippen LogP contribution in [-0.4, -0.2) is 19.1 Å². The fourth-order valence-electron chi connectivity index (χ4n) is 3.59. The molecular formula is C24H18N4O2. The first-order valence-corrected chi connectivity index (χ1v) is 9.69. The molecule has 30 heavy (non-hydrogen) atoms. The Morgan fingerprint density at radius 2 is 1.10 bits per heavy atom. The Balaban J connectivity index is 1.80. The van der Waals surface area contributed by atoms with E-state index in [1.807, 2.05) is 84.9 Å². The van der Waals surface area contributed by atoms with Gasteiger partial charge in [-0.3, -0.25) is 13.9 Å². The highest BCUT2D eigenvalue weighted by Gasteiger charge is 2.17. The third-order valence-corrected chi connectivity index (χ3v) is 5.08. The fraction of sp³-hybridized carbons (Fsp3) is 0.0833. The van der Waals surface area contributed by atoms with Crippen molar-refractivity contribution in [3.05, 3.63) is 117 Å². The molecule has 2 aromatic heterocycles. The van der Waals surface area contributed by atoms with Crippen molar-refractivity contribution >= 4 is 22.2 Å². The van der Waals surface area contributed by atoms with E-state index < -0.39 is 11.2 Å². The summed E-state index contributed by atoms with van der Waals surface area (Å²) in [5.41, 5.74) is 2.75. The van der Waals surface area contributed by atoms with E-state index in [4.69, 9.17) is 0 Å². The van der Waals surface area contributed by atoms with Crippen LogP contribution in [-0.2, 0) is 13.1 Å². The Hall–Kier alpha value is -4.06. The molecule has 3 aromatic carbocycles. The Morgan fingerprint density at radius 1 is 0.600 bits per heavy atom. The van der Waals surface area contributed by atoms with E-state index in [0.29, 0.717) is 23.2 Å². The maximum atomic E-state index is 13.4. The van der Waals surface area contributed by atoms with E-state index >= 15 is 0 Å². The average molecular weight is 394 g/mol. The minimum Gasteiger partial charge on any atom is -0.272 e. The highest BCUT2D eigenvalue weighted by atomic mass is 16.2. The van der Waals surface area contributed by atoms with Crippen molar-refractivity contribution in [1.82, 2.24) is 19.1 Å². The summed E-state index contributed by atoms with van der Waals surface area (Å²) in [6, 6.07) is 26.5. The predicted molar refractivity (Wildman–Crippen MR) is 117 cm³/mol. The molecule has 146 valence electrons. The number of benzene rings is 3. The highest BCUT2D eigenvalue weighted by Crippen LogP contribution is 2.14. The van der Waals surface area contributed by atoms with Crippen LogP contribution in [0.4, 0.5) is 0 Å². The molecule has 6 nitrogen and oxygen atoms in total. The van der Waals surface area contributed by atoms with E-state index in [1.165, 1.54) is 9.13 Å². The number of hydrogen-bond donors (Lipinski definition) is 0. The summed E-state index contributed by atoms with van der Waals surface area (Å²) < 4.78 is 2.78. The van der Waals surface area contributed by atoms with Crippen LogP contribution in [0.3, 0.4) is 0 Å². The van der Waals surface area contributed by atoms with Crippen molar-refractivity contribution in [3.63, 3.8) is 0 Å². The molecule has 2 heterocycles. The van der Waals surface area contributed by atoms with Gasteiger partial charge >= 0.3 is 5.69 Å². The molecule has 0 fully saturated rings. The Bertz CT molecular complexity index is 1470. The van der Waals surface area contributed by atoms with Crippen LogP contribution in [0, 0.1) is 0 Å². The van der Waals surface area contributed by atoms with Gasteiger partial charge in [0.2, 0.25) is 0 Å². The summed E-state index contributed by atoms with van der Waals surface area (Å²) in [5.74, 6) is 0. The SMILES string of the molecule is O=c1c2nc3ccccc3nc2n(Cc2ccccc2)c(=O)n1Cc1ccccc1. The van der Waals surface area contributed by atoms with Crippen LogP contribution in [0.1, 0.15) is 11.1 Å². The molecule has 0 aliphatic rings. The topological polar surface area (TPSA) is 69.8 Å². The van der Waals surface area contributed by atoms with Gasteiger partial charge in [-0.25, -0.2) is 14.8 Å². The van der Waals surface area contributed by atoms with Gasteiger partial charge in [-0.05, 0) is 23.3 Å². The van der Waals surface area contributed by atoms with Crippen molar-refractivity contribution in [2.45, 2.75) is 13.1 Å². The third-order valence-electron chi connectivity index (χ3n) is 5.08. The minimum atomic E-state index is -0.429. The van der Waals surface area contributed by atoms with Crippen LogP contribution in [0.5, 0.6) is 0 Å². The zero-order valence-corrected chi connectivity index (χ0v) is 16.1. The molecule has 0 aliphatic carbocycles. The number of hydrogen-bond acceptors (Lipinski definition) is 4. The maximum absolute atomic E-state index is 13.4. The second-order valence-electron chi connectivity index (χ2n) is 7.12. The first-order chi connectivity index (χ1) is 14.7. The second-order valence-corrected chi connectivity index (χ2v) is 7.12. The Kier molecular flexibility index (Phi) is 4.44. The summed E-state index contributed by atoms with van der Waals surface area (Å²) in [7, 11) is 0. The summed E-state index contributed by atoms with van der Waals surface area (Å²) >= 11 is 0. The van der Waals surface area contributed by atoms with Crippen molar-refractivity contribution in [1.29, 1.82) is 0 Å². The first-order valence-electron chi connectivity index (χ1n) is 9.69. The third kappa shape index (κ3) is 3.18. The van der Waals surface area contributed by atoms with Gasteiger partial charge in [0.05, 0.1) is 24.1 Å². The van der Waals surface area contributed by atoms with Gasteiger partial charge in [0.1, 0.15) is 0 Å². The van der Waals surface area contributed by atoms with E-state index in [9.17, 15) is 9.59 Å². The first kappa shape index (κ1) is 18.0. The van der Waals surface area contributed by atoms with E-state index in [2.05, 4.69) is 9.97 Å². The van der Waals surface area contributed by atoms with Crippen LogP contribution in [0.25, 0.3) is 22.2 Å². The number of rotatable bonds is 4. The molecule has 0 unspecified atom stereocenters. The smallest absolute Gasteiger partial charge is 0.272 e. The highest BCUT2D eigenvalue weighted by molar-refractivity contribution is 5.83. The molecular weight excluding hydrogens is 376 g/mol. The number of para-hydroxylation sites is 2. The van der Waals surface area contributed by atoms with Gasteiger partial charge in [0.15, 0.2) is 11.2 Å². The summed E-state index contributed by atoms with van der Waals surface area (Å²) in [4.78, 5) is 35.9. The maximum Gasteiger partial charge on any atom is 0.333 e. The molecule has 0 bridgehead atoms. The van der Waals surface area contributed by atoms with Crippen molar-refractivity contribution in [3.8, 4) is 0 Å². The number of fused-ring (bicyclic) bond motifs is 2. The molecule has 0 saturated heterocycles. The van der Waals surface area contributed by atoms with E-state index in [1.54, 1.807) is 0 Å². The largest absolute Gasteiger partial charge is 0.333 e. The van der Waals surface area contributed by atoms with E-state index in [-0.39, 0.29) is 12.1 Å². The molecule has 0 radical (unpaired) electrons. The van der Waals surface area contributed by atoms with Gasteiger partial charge in [0, 0.05) is 0 Å². The van der Waals surface area contributed by atoms with Gasteiger partial charge < -0.3 is 0 Å². The van der Waals surface area contributed by atoms with Crippen molar-refractivity contribution in [2.24, 2.45) is 0 Å². The van der Waals surface area contributed by atoms with Gasteiger partial charge in [0.25, 0.3) is 5.56 Å². The van der Waals surface area contributed by atoms with Crippen molar-refractivity contribution in [2.75, 3.05) is 0 Å². The minimum absolute atomic E-state index is 0.178. The Morgan fingerprint density at radius 3 is 1.70 bits per heavy atom. The Labute approximate surface area is 171 Å². The summed E-state index contributed by atoms with van der Waals surface area (Å²) in [5, 5.41) is 0. The fourth-order valence-corrected chi connectivity index (χ4v) is 3.59. The average Bonchev–Trinajstić information content (AvgIpc) is 2.80. The summed E-state index contributed by atoms with van der Waals surface area (Å²) in [6.07, 6.45) is 0. The second kappa shape index (κ2) is 7.40.